The van der Waals surface area contributed by atoms with Crippen LogP contribution in [0.4, 0.5) is 10.5 Å². The van der Waals surface area contributed by atoms with Gasteiger partial charge in [0.25, 0.3) is 5.91 Å². The third-order valence-electron chi connectivity index (χ3n) is 6.00. The molecule has 2 aromatic rings. The molecule has 3 amide bonds. The average molecular weight is 422 g/mol. The van der Waals surface area contributed by atoms with Crippen molar-refractivity contribution in [1.82, 2.24) is 15.1 Å². The van der Waals surface area contributed by atoms with Crippen LogP contribution < -0.4 is 15.0 Å². The van der Waals surface area contributed by atoms with Gasteiger partial charge in [-0.3, -0.25) is 9.69 Å². The van der Waals surface area contributed by atoms with Gasteiger partial charge in [0.15, 0.2) is 0 Å². The van der Waals surface area contributed by atoms with Crippen molar-refractivity contribution < 1.29 is 19.1 Å². The minimum Gasteiger partial charge on any atom is -0.457 e. The lowest BCUT2D eigenvalue weighted by Crippen LogP contribution is -2.49. The first-order valence-corrected chi connectivity index (χ1v) is 10.7. The minimum atomic E-state index is 0.0148. The average Bonchev–Trinajstić information content (AvgIpc) is 3.17. The first-order chi connectivity index (χ1) is 15.2. The smallest absolute Gasteiger partial charge is 0.324 e. The summed E-state index contributed by atoms with van der Waals surface area (Å²) in [5.74, 6) is 1.36. The van der Waals surface area contributed by atoms with Crippen LogP contribution in [0.1, 0.15) is 10.4 Å². The van der Waals surface area contributed by atoms with Crippen LogP contribution in [0.25, 0.3) is 0 Å². The van der Waals surface area contributed by atoms with Crippen molar-refractivity contribution in [2.45, 2.75) is 6.04 Å². The third kappa shape index (κ3) is 4.08. The van der Waals surface area contributed by atoms with E-state index in [2.05, 4.69) is 5.32 Å². The summed E-state index contributed by atoms with van der Waals surface area (Å²) < 4.78 is 11.2. The van der Waals surface area contributed by atoms with E-state index in [9.17, 15) is 9.59 Å². The van der Waals surface area contributed by atoms with E-state index < -0.39 is 0 Å². The molecule has 1 atom stereocenters. The van der Waals surface area contributed by atoms with Gasteiger partial charge in [0.2, 0.25) is 0 Å². The molecule has 3 fully saturated rings. The second-order valence-corrected chi connectivity index (χ2v) is 7.97. The number of fused-ring (bicyclic) bond motifs is 1. The van der Waals surface area contributed by atoms with E-state index in [1.54, 1.807) is 29.2 Å². The minimum absolute atomic E-state index is 0.0148. The molecule has 0 aromatic heterocycles. The largest absolute Gasteiger partial charge is 0.457 e. The van der Waals surface area contributed by atoms with E-state index in [-0.39, 0.29) is 18.0 Å². The fraction of sp³-hybridized carbons (Fsp3) is 0.391. The fourth-order valence-electron chi connectivity index (χ4n) is 4.28. The first kappa shape index (κ1) is 19.8. The number of urea groups is 1. The Morgan fingerprint density at radius 2 is 1.65 bits per heavy atom. The zero-order valence-corrected chi connectivity index (χ0v) is 17.3. The highest BCUT2D eigenvalue weighted by molar-refractivity contribution is 5.95. The number of benzene rings is 2. The summed E-state index contributed by atoms with van der Waals surface area (Å²) in [6.07, 6.45) is 0. The second-order valence-electron chi connectivity index (χ2n) is 7.97. The van der Waals surface area contributed by atoms with Crippen molar-refractivity contribution >= 4 is 17.6 Å². The number of nitrogens with zero attached hydrogens (tertiary/aromatic N) is 3. The Bertz CT molecular complexity index is 941. The van der Waals surface area contributed by atoms with Crippen LogP contribution in [0.5, 0.6) is 11.5 Å². The first-order valence-electron chi connectivity index (χ1n) is 10.7. The molecule has 1 N–H and O–H groups in total. The molecule has 0 spiro atoms. The van der Waals surface area contributed by atoms with Crippen molar-refractivity contribution in [3.8, 4) is 11.5 Å². The Morgan fingerprint density at radius 1 is 0.968 bits per heavy atom. The molecule has 5 rings (SSSR count). The number of hydrogen-bond acceptors (Lipinski definition) is 5. The summed E-state index contributed by atoms with van der Waals surface area (Å²) in [5.41, 5.74) is 1.52. The van der Waals surface area contributed by atoms with Gasteiger partial charge in [0, 0.05) is 50.5 Å². The van der Waals surface area contributed by atoms with Crippen LogP contribution in [0.3, 0.4) is 0 Å². The Kier molecular flexibility index (Phi) is 5.48. The van der Waals surface area contributed by atoms with E-state index in [0.29, 0.717) is 49.9 Å². The molecule has 0 aliphatic carbocycles. The van der Waals surface area contributed by atoms with Crippen LogP contribution in [0.2, 0.25) is 0 Å². The van der Waals surface area contributed by atoms with Crippen molar-refractivity contribution in [1.29, 1.82) is 0 Å². The summed E-state index contributed by atoms with van der Waals surface area (Å²) >= 11 is 0. The quantitative estimate of drug-likeness (QED) is 0.818. The molecule has 2 aromatic carbocycles. The summed E-state index contributed by atoms with van der Waals surface area (Å²) in [7, 11) is 0. The van der Waals surface area contributed by atoms with E-state index in [4.69, 9.17) is 9.47 Å². The molecular formula is C23H26N4O4. The molecule has 0 unspecified atom stereocenters. The van der Waals surface area contributed by atoms with Gasteiger partial charge < -0.3 is 24.6 Å². The molecule has 0 radical (unpaired) electrons. The van der Waals surface area contributed by atoms with E-state index in [0.717, 1.165) is 25.3 Å². The topological polar surface area (TPSA) is 74.4 Å². The molecule has 3 saturated heterocycles. The Hall–Kier alpha value is -3.10. The van der Waals surface area contributed by atoms with Gasteiger partial charge in [0.05, 0.1) is 19.3 Å². The molecule has 162 valence electrons. The SMILES string of the molecule is O=C(c1ccc(Oc2ccc(N3C[C@@H]4CNCCN4C3=O)cc2)cc1)N1CCOCC1. The Morgan fingerprint density at radius 3 is 2.32 bits per heavy atom. The van der Waals surface area contributed by atoms with Crippen LogP contribution in [-0.4, -0.2) is 80.3 Å². The van der Waals surface area contributed by atoms with Crippen LogP contribution in [0.15, 0.2) is 48.5 Å². The van der Waals surface area contributed by atoms with Crippen LogP contribution in [0, 0.1) is 0 Å². The molecule has 0 saturated carbocycles. The lowest BCUT2D eigenvalue weighted by atomic mass is 10.2. The van der Waals surface area contributed by atoms with Crippen molar-refractivity contribution in [2.75, 3.05) is 57.4 Å². The number of amides is 3. The van der Waals surface area contributed by atoms with Gasteiger partial charge in [0.1, 0.15) is 11.5 Å². The maximum atomic E-state index is 12.7. The van der Waals surface area contributed by atoms with E-state index >= 15 is 0 Å². The lowest BCUT2D eigenvalue weighted by Gasteiger charge is -2.28. The monoisotopic (exact) mass is 422 g/mol. The van der Waals surface area contributed by atoms with Gasteiger partial charge in [-0.05, 0) is 48.5 Å². The lowest BCUT2D eigenvalue weighted by molar-refractivity contribution is 0.0303. The van der Waals surface area contributed by atoms with Crippen LogP contribution >= 0.6 is 0 Å². The summed E-state index contributed by atoms with van der Waals surface area (Å²) in [6, 6.07) is 15.0. The number of nitrogens with one attached hydrogen (secondary N) is 1. The fourth-order valence-corrected chi connectivity index (χ4v) is 4.28. The summed E-state index contributed by atoms with van der Waals surface area (Å²) in [4.78, 5) is 30.8. The van der Waals surface area contributed by atoms with Crippen molar-refractivity contribution in [2.24, 2.45) is 0 Å². The predicted molar refractivity (Wildman–Crippen MR) is 116 cm³/mol. The number of hydrogen-bond donors (Lipinski definition) is 1. The number of piperazine rings is 1. The van der Waals surface area contributed by atoms with E-state index in [1.165, 1.54) is 0 Å². The van der Waals surface area contributed by atoms with E-state index in [1.807, 2.05) is 34.1 Å². The maximum absolute atomic E-state index is 12.7. The van der Waals surface area contributed by atoms with Crippen molar-refractivity contribution in [3.63, 3.8) is 0 Å². The molecule has 31 heavy (non-hydrogen) atoms. The molecule has 3 heterocycles. The number of morpholine rings is 1. The highest BCUT2D eigenvalue weighted by Gasteiger charge is 2.39. The Balaban J connectivity index is 1.22. The van der Waals surface area contributed by atoms with Gasteiger partial charge >= 0.3 is 6.03 Å². The number of anilines is 1. The highest BCUT2D eigenvalue weighted by Crippen LogP contribution is 2.28. The van der Waals surface area contributed by atoms with Gasteiger partial charge in [-0.15, -0.1) is 0 Å². The maximum Gasteiger partial charge on any atom is 0.324 e. The number of ether oxygens (including phenoxy) is 2. The summed E-state index contributed by atoms with van der Waals surface area (Å²) in [6.45, 7) is 5.56. The van der Waals surface area contributed by atoms with Gasteiger partial charge in [-0.1, -0.05) is 0 Å². The summed E-state index contributed by atoms with van der Waals surface area (Å²) in [5, 5.41) is 3.34. The van der Waals surface area contributed by atoms with Gasteiger partial charge in [-0.2, -0.15) is 0 Å². The molecular weight excluding hydrogens is 396 g/mol. The second kappa shape index (κ2) is 8.56. The molecule has 3 aliphatic rings. The highest BCUT2D eigenvalue weighted by atomic mass is 16.5. The predicted octanol–water partition coefficient (Wildman–Crippen LogP) is 2.17. The zero-order valence-electron chi connectivity index (χ0n) is 17.3. The normalized spacial score (nSPS) is 21.2. The zero-order chi connectivity index (χ0) is 21.2. The third-order valence-corrected chi connectivity index (χ3v) is 6.00. The Labute approximate surface area is 181 Å². The van der Waals surface area contributed by atoms with Crippen molar-refractivity contribution in [3.05, 3.63) is 54.1 Å². The molecule has 3 aliphatic heterocycles. The molecule has 8 nitrogen and oxygen atoms in total. The number of carbonyl (C=O) groups excluding carboxylic acids is 2. The molecule has 0 bridgehead atoms. The number of rotatable bonds is 4. The molecule has 8 heteroatoms. The van der Waals surface area contributed by atoms with Gasteiger partial charge in [-0.25, -0.2) is 4.79 Å². The standard InChI is InChI=1S/C23H26N4O4/c28-22(25-11-13-30-14-12-25)17-1-5-20(6-2-17)31-21-7-3-18(4-8-21)27-16-19-15-24-9-10-26(19)23(27)29/h1-8,19,24H,9-16H2/t19-/m0/s1. The number of carbonyl (C=O) groups is 2. The van der Waals surface area contributed by atoms with Crippen LogP contribution in [-0.2, 0) is 4.74 Å².